The van der Waals surface area contributed by atoms with Gasteiger partial charge in [0.2, 0.25) is 5.91 Å². The molecule has 148 valence electrons. The molecule has 0 heterocycles. The fraction of sp³-hybridized carbons (Fsp3) is 0.696. The molecule has 3 aliphatic rings. The van der Waals surface area contributed by atoms with Gasteiger partial charge in [-0.05, 0) is 98.3 Å². The zero-order valence-corrected chi connectivity index (χ0v) is 16.7. The number of aromatic hydroxyl groups is 1. The Morgan fingerprint density at radius 3 is 2.85 bits per heavy atom. The summed E-state index contributed by atoms with van der Waals surface area (Å²) in [5, 5.41) is 23.9. The van der Waals surface area contributed by atoms with E-state index in [1.165, 1.54) is 11.1 Å². The van der Waals surface area contributed by atoms with E-state index in [2.05, 4.69) is 18.3 Å². The summed E-state index contributed by atoms with van der Waals surface area (Å²) >= 11 is 0. The quantitative estimate of drug-likeness (QED) is 0.758. The predicted octanol–water partition coefficient (Wildman–Crippen LogP) is 3.75. The number of aryl methyl sites for hydroxylation is 1. The third-order valence-corrected chi connectivity index (χ3v) is 7.72. The van der Waals surface area contributed by atoms with E-state index < -0.39 is 0 Å². The number of aliphatic hydroxyl groups is 1. The third kappa shape index (κ3) is 3.16. The lowest BCUT2D eigenvalue weighted by Crippen LogP contribution is -2.44. The molecule has 6 atom stereocenters. The molecule has 3 aliphatic carbocycles. The third-order valence-electron chi connectivity index (χ3n) is 7.72. The van der Waals surface area contributed by atoms with Gasteiger partial charge in [0.25, 0.3) is 0 Å². The Kier molecular flexibility index (Phi) is 4.74. The van der Waals surface area contributed by atoms with Crippen LogP contribution in [0, 0.1) is 23.2 Å². The van der Waals surface area contributed by atoms with Gasteiger partial charge in [0, 0.05) is 12.5 Å². The van der Waals surface area contributed by atoms with Crippen LogP contribution in [0.3, 0.4) is 0 Å². The van der Waals surface area contributed by atoms with Crippen molar-refractivity contribution in [3.05, 3.63) is 29.3 Å². The molecule has 2 saturated carbocycles. The molecule has 0 aromatic heterocycles. The van der Waals surface area contributed by atoms with Crippen LogP contribution >= 0.6 is 0 Å². The molecule has 4 nitrogen and oxygen atoms in total. The Hall–Kier alpha value is -1.55. The number of fused-ring (bicyclic) bond motifs is 5. The second kappa shape index (κ2) is 6.80. The molecule has 0 aliphatic heterocycles. The highest BCUT2D eigenvalue weighted by atomic mass is 16.3. The smallest absolute Gasteiger partial charge is 0.220 e. The second-order valence-electron chi connectivity index (χ2n) is 9.71. The summed E-state index contributed by atoms with van der Waals surface area (Å²) in [5.74, 6) is 2.08. The van der Waals surface area contributed by atoms with Gasteiger partial charge in [0.15, 0.2) is 0 Å². The van der Waals surface area contributed by atoms with E-state index >= 15 is 0 Å². The molecule has 0 spiro atoms. The highest BCUT2D eigenvalue weighted by Crippen LogP contribution is 2.62. The van der Waals surface area contributed by atoms with E-state index in [0.717, 1.165) is 32.1 Å². The molecule has 1 amide bonds. The summed E-state index contributed by atoms with van der Waals surface area (Å²) in [5.41, 5.74) is 2.63. The van der Waals surface area contributed by atoms with E-state index in [9.17, 15) is 15.0 Å². The molecule has 3 N–H and O–H groups in total. The maximum Gasteiger partial charge on any atom is 0.220 e. The zero-order chi connectivity index (χ0) is 19.3. The summed E-state index contributed by atoms with van der Waals surface area (Å²) in [4.78, 5) is 12.3. The van der Waals surface area contributed by atoms with Crippen LogP contribution in [0.1, 0.15) is 69.9 Å². The number of hydrogen-bond acceptors (Lipinski definition) is 3. The number of rotatable bonds is 3. The van der Waals surface area contributed by atoms with Crippen LogP contribution in [0.25, 0.3) is 0 Å². The maximum atomic E-state index is 12.3. The van der Waals surface area contributed by atoms with Gasteiger partial charge in [0.1, 0.15) is 5.75 Å². The number of benzene rings is 1. The van der Waals surface area contributed by atoms with Gasteiger partial charge in [-0.2, -0.15) is 0 Å². The lowest BCUT2D eigenvalue weighted by Gasteiger charge is -2.50. The summed E-state index contributed by atoms with van der Waals surface area (Å²) < 4.78 is 0. The highest BCUT2D eigenvalue weighted by Gasteiger charge is 2.58. The number of aliphatic hydroxyl groups excluding tert-OH is 1. The van der Waals surface area contributed by atoms with Gasteiger partial charge in [-0.1, -0.05) is 13.0 Å². The van der Waals surface area contributed by atoms with Gasteiger partial charge in [-0.15, -0.1) is 0 Å². The van der Waals surface area contributed by atoms with Crippen molar-refractivity contribution in [1.82, 2.24) is 5.32 Å². The maximum absolute atomic E-state index is 12.3. The van der Waals surface area contributed by atoms with Gasteiger partial charge in [0.05, 0.1) is 6.10 Å². The fourth-order valence-corrected chi connectivity index (χ4v) is 6.54. The number of carbonyl (C=O) groups excluding carboxylic acids is 1. The normalized spacial score (nSPS) is 37.4. The van der Waals surface area contributed by atoms with E-state index in [1.54, 1.807) is 0 Å². The number of carbonyl (C=O) groups is 1. The Labute approximate surface area is 162 Å². The van der Waals surface area contributed by atoms with Crippen molar-refractivity contribution >= 4 is 5.91 Å². The van der Waals surface area contributed by atoms with Crippen molar-refractivity contribution in [2.24, 2.45) is 23.2 Å². The number of nitrogens with one attached hydrogen (secondary N) is 1. The van der Waals surface area contributed by atoms with Crippen molar-refractivity contribution in [3.8, 4) is 5.75 Å². The molecule has 0 bridgehead atoms. The lowest BCUT2D eigenvalue weighted by molar-refractivity contribution is -0.123. The molecule has 1 aromatic carbocycles. The van der Waals surface area contributed by atoms with Crippen molar-refractivity contribution in [3.63, 3.8) is 0 Å². The molecular weight excluding hydrogens is 338 g/mol. The van der Waals surface area contributed by atoms with Crippen LogP contribution < -0.4 is 5.32 Å². The summed E-state index contributed by atoms with van der Waals surface area (Å²) in [7, 11) is 0. The summed E-state index contributed by atoms with van der Waals surface area (Å²) in [6, 6.07) is 6.01. The van der Waals surface area contributed by atoms with Gasteiger partial charge >= 0.3 is 0 Å². The van der Waals surface area contributed by atoms with E-state index in [4.69, 9.17) is 0 Å². The second-order valence-corrected chi connectivity index (χ2v) is 9.71. The minimum atomic E-state index is -0.387. The van der Waals surface area contributed by atoms with Crippen molar-refractivity contribution < 1.29 is 15.0 Å². The van der Waals surface area contributed by atoms with Crippen LogP contribution in [-0.4, -0.2) is 28.3 Å². The molecule has 6 unspecified atom stereocenters. The Bertz CT molecular complexity index is 730. The monoisotopic (exact) mass is 371 g/mol. The first-order valence-electron chi connectivity index (χ1n) is 10.6. The van der Waals surface area contributed by atoms with Crippen molar-refractivity contribution in [2.75, 3.05) is 0 Å². The molecule has 2 fully saturated rings. The molecule has 27 heavy (non-hydrogen) atoms. The average Bonchev–Trinajstić information content (AvgIpc) is 2.85. The van der Waals surface area contributed by atoms with Crippen molar-refractivity contribution in [2.45, 2.75) is 77.4 Å². The molecule has 4 heteroatoms. The van der Waals surface area contributed by atoms with Gasteiger partial charge in [-0.25, -0.2) is 0 Å². The van der Waals surface area contributed by atoms with Gasteiger partial charge < -0.3 is 15.5 Å². The molecular formula is C23H33NO3. The largest absolute Gasteiger partial charge is 0.508 e. The number of phenols is 1. The molecule has 4 rings (SSSR count). The standard InChI is InChI=1S/C23H33NO3/c1-13(2)24-21(26)12-15-11-20-19-6-4-14-10-16(25)5-7-17(14)18(19)8-9-23(20,3)22(15)27/h5,7,10,13,15,18-20,22,25,27H,4,6,8-9,11-12H2,1-3H3,(H,24,26). The van der Waals surface area contributed by atoms with Crippen LogP contribution in [-0.2, 0) is 11.2 Å². The minimum Gasteiger partial charge on any atom is -0.508 e. The highest BCUT2D eigenvalue weighted by molar-refractivity contribution is 5.76. The first kappa shape index (κ1) is 18.8. The molecule has 0 saturated heterocycles. The average molecular weight is 372 g/mol. The first-order valence-corrected chi connectivity index (χ1v) is 10.6. The Balaban J connectivity index is 1.55. The topological polar surface area (TPSA) is 69.6 Å². The Morgan fingerprint density at radius 2 is 2.11 bits per heavy atom. The first-order chi connectivity index (χ1) is 12.8. The van der Waals surface area contributed by atoms with Crippen LogP contribution in [0.4, 0.5) is 0 Å². The van der Waals surface area contributed by atoms with Crippen molar-refractivity contribution in [1.29, 1.82) is 0 Å². The van der Waals surface area contributed by atoms with Gasteiger partial charge in [-0.3, -0.25) is 4.79 Å². The SMILES string of the molecule is CC(C)NC(=O)CC1CC2C3CCc4cc(O)ccc4C3CCC2(C)C1O. The van der Waals surface area contributed by atoms with E-state index in [1.807, 2.05) is 26.0 Å². The zero-order valence-electron chi connectivity index (χ0n) is 16.7. The van der Waals surface area contributed by atoms with E-state index in [-0.39, 0.29) is 29.4 Å². The summed E-state index contributed by atoms with van der Waals surface area (Å²) in [6.45, 7) is 6.21. The number of hydrogen-bond donors (Lipinski definition) is 3. The fourth-order valence-electron chi connectivity index (χ4n) is 6.54. The lowest BCUT2D eigenvalue weighted by atomic mass is 9.55. The van der Waals surface area contributed by atoms with Crippen LogP contribution in [0.5, 0.6) is 5.75 Å². The van der Waals surface area contributed by atoms with Crippen LogP contribution in [0.2, 0.25) is 0 Å². The summed E-state index contributed by atoms with van der Waals surface area (Å²) in [6.07, 6.45) is 5.25. The number of phenolic OH excluding ortho intramolecular Hbond substituents is 1. The predicted molar refractivity (Wildman–Crippen MR) is 105 cm³/mol. The van der Waals surface area contributed by atoms with Crippen LogP contribution in [0.15, 0.2) is 18.2 Å². The molecule has 0 radical (unpaired) electrons. The molecule has 1 aromatic rings. The Morgan fingerprint density at radius 1 is 1.33 bits per heavy atom. The van der Waals surface area contributed by atoms with E-state index in [0.29, 0.717) is 29.9 Å². The minimum absolute atomic E-state index is 0.0670. The number of amides is 1.